The number of hydrogen-bond acceptors (Lipinski definition) is 3. The van der Waals surface area contributed by atoms with Gasteiger partial charge in [0.1, 0.15) is 11.9 Å². The van der Waals surface area contributed by atoms with Crippen LogP contribution in [-0.2, 0) is 9.03 Å². The lowest BCUT2D eigenvalue weighted by atomic mass is 10.9. The fraction of sp³-hybridized carbons (Fsp3) is 0.667. The average Bonchev–Trinajstić information content (AvgIpc) is 1.68. The predicted octanol–water partition coefficient (Wildman–Crippen LogP) is 1.31. The highest BCUT2D eigenvalue weighted by atomic mass is 35.5. The molecule has 0 fully saturated rings. The monoisotopic (exact) mass is 124 g/mol. The molecule has 3 nitrogen and oxygen atoms in total. The molecule has 0 spiro atoms. The Kier molecular flexibility index (Phi) is 3.50. The second-order valence-electron chi connectivity index (χ2n) is 0.760. The van der Waals surface area contributed by atoms with E-state index in [4.69, 9.17) is 0 Å². The Bertz CT molecular complexity index is 63.2. The summed E-state index contributed by atoms with van der Waals surface area (Å²) in [6.07, 6.45) is -0.857. The zero-order valence-electron chi connectivity index (χ0n) is 3.81. The molecule has 0 aromatic rings. The molecule has 0 rings (SSSR count). The van der Waals surface area contributed by atoms with Gasteiger partial charge in [-0.25, -0.2) is 4.79 Å². The number of ether oxygens (including phenoxy) is 1. The zero-order valence-corrected chi connectivity index (χ0v) is 4.57. The van der Waals surface area contributed by atoms with Gasteiger partial charge in [-0.1, -0.05) is 0 Å². The summed E-state index contributed by atoms with van der Waals surface area (Å²) < 4.78 is 7.80. The second kappa shape index (κ2) is 3.74. The van der Waals surface area contributed by atoms with E-state index in [9.17, 15) is 4.79 Å². The van der Waals surface area contributed by atoms with E-state index >= 15 is 0 Å². The lowest BCUT2D eigenvalue weighted by molar-refractivity contribution is 0.108. The molecule has 0 saturated heterocycles. The molecule has 0 radical (unpaired) electrons. The number of rotatable bonds is 1. The van der Waals surface area contributed by atoms with Crippen molar-refractivity contribution in [2.24, 2.45) is 0 Å². The molecule has 0 N–H and O–H groups in total. The number of hydrogen-bond donors (Lipinski definition) is 0. The normalized spacial score (nSPS) is 7.71. The van der Waals surface area contributed by atoms with Crippen molar-refractivity contribution in [3.8, 4) is 0 Å². The van der Waals surface area contributed by atoms with E-state index in [0.29, 0.717) is 0 Å². The van der Waals surface area contributed by atoms with Crippen LogP contribution in [0.4, 0.5) is 4.79 Å². The molecule has 0 aromatic heterocycles. The maximum Gasteiger partial charge on any atom is 0.526 e. The summed E-state index contributed by atoms with van der Waals surface area (Å²) in [4.78, 5) is 9.84. The fourth-order valence-corrected chi connectivity index (χ4v) is 0.185. The van der Waals surface area contributed by atoms with Crippen molar-refractivity contribution >= 4 is 18.0 Å². The first-order valence-corrected chi connectivity index (χ1v) is 2.07. The molecule has 0 heterocycles. The average molecular weight is 125 g/mol. The van der Waals surface area contributed by atoms with Gasteiger partial charge < -0.3 is 9.03 Å². The SMILES string of the molecule is CCOC(=O)OCl. The van der Waals surface area contributed by atoms with Crippen LogP contribution in [0.25, 0.3) is 0 Å². The van der Waals surface area contributed by atoms with E-state index in [2.05, 4.69) is 20.9 Å². The predicted molar refractivity (Wildman–Crippen MR) is 24.0 cm³/mol. The minimum atomic E-state index is -0.857. The van der Waals surface area contributed by atoms with Crippen molar-refractivity contribution in [1.82, 2.24) is 0 Å². The van der Waals surface area contributed by atoms with Crippen molar-refractivity contribution in [1.29, 1.82) is 0 Å². The third-order valence-corrected chi connectivity index (χ3v) is 0.451. The van der Waals surface area contributed by atoms with Crippen LogP contribution in [0.2, 0.25) is 0 Å². The third-order valence-electron chi connectivity index (χ3n) is 0.325. The van der Waals surface area contributed by atoms with Gasteiger partial charge in [-0.2, -0.15) is 0 Å². The summed E-state index contributed by atoms with van der Waals surface area (Å²) in [6.45, 7) is 1.94. The first-order chi connectivity index (χ1) is 3.31. The maximum absolute atomic E-state index is 9.84. The molecule has 0 aliphatic rings. The third kappa shape index (κ3) is 3.39. The van der Waals surface area contributed by atoms with Crippen LogP contribution >= 0.6 is 11.9 Å². The Morgan fingerprint density at radius 3 is 2.57 bits per heavy atom. The van der Waals surface area contributed by atoms with Crippen molar-refractivity contribution < 1.29 is 13.8 Å². The van der Waals surface area contributed by atoms with E-state index in [-0.39, 0.29) is 6.61 Å². The number of carbonyl (C=O) groups is 1. The van der Waals surface area contributed by atoms with Gasteiger partial charge in [0.25, 0.3) is 0 Å². The highest BCUT2D eigenvalue weighted by Crippen LogP contribution is 1.85. The zero-order chi connectivity index (χ0) is 5.70. The van der Waals surface area contributed by atoms with E-state index in [1.54, 1.807) is 6.92 Å². The Morgan fingerprint density at radius 2 is 2.43 bits per heavy atom. The van der Waals surface area contributed by atoms with Crippen molar-refractivity contribution in [2.45, 2.75) is 6.92 Å². The highest BCUT2D eigenvalue weighted by molar-refractivity contribution is 6.12. The molecule has 0 aromatic carbocycles. The molecule has 7 heavy (non-hydrogen) atoms. The van der Waals surface area contributed by atoms with E-state index < -0.39 is 6.16 Å². The van der Waals surface area contributed by atoms with Crippen LogP contribution in [0.3, 0.4) is 0 Å². The van der Waals surface area contributed by atoms with Gasteiger partial charge in [0, 0.05) is 0 Å². The number of halogens is 1. The quantitative estimate of drug-likeness (QED) is 0.495. The van der Waals surface area contributed by atoms with Crippen LogP contribution in [0.15, 0.2) is 0 Å². The molecule has 0 atom stereocenters. The van der Waals surface area contributed by atoms with Gasteiger partial charge in [-0.15, -0.1) is 0 Å². The van der Waals surface area contributed by atoms with E-state index in [0.717, 1.165) is 0 Å². The van der Waals surface area contributed by atoms with Gasteiger partial charge in [-0.3, -0.25) is 0 Å². The van der Waals surface area contributed by atoms with Gasteiger partial charge in [0.15, 0.2) is 0 Å². The minimum absolute atomic E-state index is 0.283. The minimum Gasteiger partial charge on any atom is -0.434 e. The molecule has 0 aliphatic heterocycles. The lowest BCUT2D eigenvalue weighted by Gasteiger charge is -1.91. The molecule has 0 aliphatic carbocycles. The van der Waals surface area contributed by atoms with Crippen LogP contribution in [0.5, 0.6) is 0 Å². The molecule has 42 valence electrons. The molecule has 0 unspecified atom stereocenters. The Balaban J connectivity index is 3.00. The molecule has 0 amide bonds. The Labute approximate surface area is 46.3 Å². The van der Waals surface area contributed by atoms with Gasteiger partial charge in [-0.05, 0) is 6.92 Å². The van der Waals surface area contributed by atoms with Crippen LogP contribution in [0, 0.1) is 0 Å². The smallest absolute Gasteiger partial charge is 0.434 e. The second-order valence-corrected chi connectivity index (χ2v) is 0.914. The van der Waals surface area contributed by atoms with Crippen LogP contribution < -0.4 is 0 Å². The van der Waals surface area contributed by atoms with Crippen LogP contribution in [0.1, 0.15) is 6.92 Å². The van der Waals surface area contributed by atoms with Crippen molar-refractivity contribution in [2.75, 3.05) is 6.61 Å². The molecular weight excluding hydrogens is 119 g/mol. The fourth-order valence-electron chi connectivity index (χ4n) is 0.140. The molecular formula is C3H5ClO3. The number of carbonyl (C=O) groups excluding carboxylic acids is 1. The highest BCUT2D eigenvalue weighted by Gasteiger charge is 1.95. The topological polar surface area (TPSA) is 35.5 Å². The summed E-state index contributed by atoms with van der Waals surface area (Å²) >= 11 is 4.56. The van der Waals surface area contributed by atoms with E-state index in [1.165, 1.54) is 0 Å². The largest absolute Gasteiger partial charge is 0.526 e. The molecule has 0 saturated carbocycles. The first kappa shape index (κ1) is 6.56. The summed E-state index contributed by atoms with van der Waals surface area (Å²) in [5.74, 6) is 0. The summed E-state index contributed by atoms with van der Waals surface area (Å²) in [5, 5.41) is 0. The maximum atomic E-state index is 9.84. The first-order valence-electron chi connectivity index (χ1n) is 1.76. The summed E-state index contributed by atoms with van der Waals surface area (Å²) in [7, 11) is 0. The Hall–Kier alpha value is -0.440. The van der Waals surface area contributed by atoms with Crippen molar-refractivity contribution in [3.05, 3.63) is 0 Å². The molecule has 0 bridgehead atoms. The molecule has 4 heteroatoms. The van der Waals surface area contributed by atoms with Gasteiger partial charge >= 0.3 is 6.16 Å². The van der Waals surface area contributed by atoms with Gasteiger partial charge in [0.2, 0.25) is 0 Å². The van der Waals surface area contributed by atoms with E-state index in [1.807, 2.05) is 0 Å². The lowest BCUT2D eigenvalue weighted by Crippen LogP contribution is -1.99. The summed E-state index contributed by atoms with van der Waals surface area (Å²) in [6, 6.07) is 0. The van der Waals surface area contributed by atoms with Crippen LogP contribution in [-0.4, -0.2) is 12.8 Å². The van der Waals surface area contributed by atoms with Gasteiger partial charge in [0.05, 0.1) is 6.61 Å². The standard InChI is InChI=1S/C3H5ClO3/c1-2-6-3(5)7-4/h2H2,1H3. The van der Waals surface area contributed by atoms with Crippen molar-refractivity contribution in [3.63, 3.8) is 0 Å². The Morgan fingerprint density at radius 1 is 1.86 bits per heavy atom. The summed E-state index contributed by atoms with van der Waals surface area (Å²) in [5.41, 5.74) is 0.